The van der Waals surface area contributed by atoms with Crippen molar-refractivity contribution in [1.82, 2.24) is 9.97 Å². The number of H-pyrrole nitrogens is 1. The lowest BCUT2D eigenvalue weighted by molar-refractivity contribution is 0.389. The van der Waals surface area contributed by atoms with Gasteiger partial charge in [-0.3, -0.25) is 15.7 Å². The fraction of sp³-hybridized carbons (Fsp3) is 0. The van der Waals surface area contributed by atoms with E-state index in [1.54, 1.807) is 0 Å². The average molecular weight is 275 g/mol. The van der Waals surface area contributed by atoms with E-state index in [0.717, 1.165) is 22.3 Å². The Kier molecular flexibility index (Phi) is 2.62. The molecular formula is C17H13N3O. The first-order valence-corrected chi connectivity index (χ1v) is 6.73. The Balaban J connectivity index is 1.99. The molecule has 4 rings (SSSR count). The molecule has 0 aliphatic carbocycles. The van der Waals surface area contributed by atoms with E-state index in [0.29, 0.717) is 5.69 Å². The minimum atomic E-state index is 0.655. The van der Waals surface area contributed by atoms with Gasteiger partial charge in [0.25, 0.3) is 0 Å². The summed E-state index contributed by atoms with van der Waals surface area (Å²) in [4.78, 5) is 7.96. The first-order valence-electron chi connectivity index (χ1n) is 6.73. The lowest BCUT2D eigenvalue weighted by atomic mass is 10.1. The van der Waals surface area contributed by atoms with Crippen molar-refractivity contribution in [1.29, 1.82) is 0 Å². The van der Waals surface area contributed by atoms with Gasteiger partial charge in [0.15, 0.2) is 0 Å². The summed E-state index contributed by atoms with van der Waals surface area (Å²) in [5.74, 6) is 0. The normalized spacial score (nSPS) is 11.1. The number of benzene rings is 2. The van der Waals surface area contributed by atoms with Crippen molar-refractivity contribution in [2.75, 3.05) is 5.48 Å². The number of aromatic nitrogens is 2. The molecule has 21 heavy (non-hydrogen) atoms. The van der Waals surface area contributed by atoms with Gasteiger partial charge in [0.1, 0.15) is 0 Å². The molecule has 3 N–H and O–H groups in total. The van der Waals surface area contributed by atoms with Crippen molar-refractivity contribution in [3.63, 3.8) is 0 Å². The second-order valence-electron chi connectivity index (χ2n) is 4.94. The summed E-state index contributed by atoms with van der Waals surface area (Å²) < 4.78 is 0. The molecule has 4 aromatic rings. The fourth-order valence-electron chi connectivity index (χ4n) is 2.70. The summed E-state index contributed by atoms with van der Waals surface area (Å²) in [6, 6.07) is 17.8. The first kappa shape index (κ1) is 11.9. The SMILES string of the molecule is ONc1ccc(-c2nccc3c2[nH]c2ccccc23)cc1. The van der Waals surface area contributed by atoms with E-state index in [1.807, 2.05) is 48.7 Å². The highest BCUT2D eigenvalue weighted by Gasteiger charge is 2.10. The molecule has 0 spiro atoms. The van der Waals surface area contributed by atoms with Gasteiger partial charge in [-0.15, -0.1) is 0 Å². The minimum absolute atomic E-state index is 0.655. The zero-order chi connectivity index (χ0) is 14.2. The highest BCUT2D eigenvalue weighted by Crippen LogP contribution is 2.31. The van der Waals surface area contributed by atoms with Gasteiger partial charge < -0.3 is 4.98 Å². The first-order chi connectivity index (χ1) is 10.4. The second-order valence-corrected chi connectivity index (χ2v) is 4.94. The molecule has 2 heterocycles. The van der Waals surface area contributed by atoms with Crippen molar-refractivity contribution < 1.29 is 5.21 Å². The van der Waals surface area contributed by atoms with Crippen LogP contribution in [0.5, 0.6) is 0 Å². The second kappa shape index (κ2) is 4.61. The molecule has 0 atom stereocenters. The predicted octanol–water partition coefficient (Wildman–Crippen LogP) is 4.18. The van der Waals surface area contributed by atoms with Crippen LogP contribution in [0.3, 0.4) is 0 Å². The number of pyridine rings is 1. The number of nitrogens with zero attached hydrogens (tertiary/aromatic N) is 1. The molecule has 2 aromatic carbocycles. The van der Waals surface area contributed by atoms with Crippen LogP contribution in [0.2, 0.25) is 0 Å². The summed E-state index contributed by atoms with van der Waals surface area (Å²) in [7, 11) is 0. The number of aromatic amines is 1. The molecule has 0 saturated heterocycles. The van der Waals surface area contributed by atoms with E-state index in [-0.39, 0.29) is 0 Å². The van der Waals surface area contributed by atoms with Crippen molar-refractivity contribution in [2.45, 2.75) is 0 Å². The van der Waals surface area contributed by atoms with E-state index < -0.39 is 0 Å². The van der Waals surface area contributed by atoms with Gasteiger partial charge in [0.2, 0.25) is 0 Å². The van der Waals surface area contributed by atoms with Crippen molar-refractivity contribution in [2.24, 2.45) is 0 Å². The Morgan fingerprint density at radius 2 is 1.71 bits per heavy atom. The van der Waals surface area contributed by atoms with E-state index in [9.17, 15) is 0 Å². The van der Waals surface area contributed by atoms with Gasteiger partial charge in [0, 0.05) is 28.0 Å². The Bertz CT molecular complexity index is 926. The number of nitrogens with one attached hydrogen (secondary N) is 2. The van der Waals surface area contributed by atoms with Gasteiger partial charge in [-0.05, 0) is 24.3 Å². The van der Waals surface area contributed by atoms with Crippen molar-refractivity contribution in [3.8, 4) is 11.3 Å². The topological polar surface area (TPSA) is 60.9 Å². The average Bonchev–Trinajstić information content (AvgIpc) is 2.94. The fourth-order valence-corrected chi connectivity index (χ4v) is 2.70. The molecule has 102 valence electrons. The molecular weight excluding hydrogens is 262 g/mol. The van der Waals surface area contributed by atoms with E-state index in [4.69, 9.17) is 5.21 Å². The van der Waals surface area contributed by atoms with Crippen LogP contribution in [0.1, 0.15) is 0 Å². The number of hydrogen-bond donors (Lipinski definition) is 3. The molecule has 0 fully saturated rings. The smallest absolute Gasteiger partial charge is 0.0943 e. The summed E-state index contributed by atoms with van der Waals surface area (Å²) in [6.45, 7) is 0. The van der Waals surface area contributed by atoms with Crippen LogP contribution >= 0.6 is 0 Å². The lowest BCUT2D eigenvalue weighted by Gasteiger charge is -2.04. The third-order valence-electron chi connectivity index (χ3n) is 3.72. The summed E-state index contributed by atoms with van der Waals surface area (Å²) >= 11 is 0. The zero-order valence-electron chi connectivity index (χ0n) is 11.2. The number of fused-ring (bicyclic) bond motifs is 3. The molecule has 0 saturated carbocycles. The molecule has 0 aliphatic rings. The predicted molar refractivity (Wildman–Crippen MR) is 84.4 cm³/mol. The molecule has 0 amide bonds. The van der Waals surface area contributed by atoms with E-state index >= 15 is 0 Å². The highest BCUT2D eigenvalue weighted by atomic mass is 16.5. The zero-order valence-corrected chi connectivity index (χ0v) is 11.2. The van der Waals surface area contributed by atoms with Gasteiger partial charge in [-0.2, -0.15) is 0 Å². The van der Waals surface area contributed by atoms with Gasteiger partial charge >= 0.3 is 0 Å². The summed E-state index contributed by atoms with van der Waals surface area (Å²) in [5, 5.41) is 11.3. The van der Waals surface area contributed by atoms with Gasteiger partial charge in [-0.25, -0.2) is 0 Å². The van der Waals surface area contributed by atoms with Crippen LogP contribution < -0.4 is 5.48 Å². The molecule has 4 nitrogen and oxygen atoms in total. The molecule has 0 bridgehead atoms. The van der Waals surface area contributed by atoms with E-state index in [1.165, 1.54) is 10.8 Å². The number of hydrogen-bond acceptors (Lipinski definition) is 3. The molecule has 2 aromatic heterocycles. The molecule has 4 heteroatoms. The monoisotopic (exact) mass is 275 g/mol. The highest BCUT2D eigenvalue weighted by molar-refractivity contribution is 6.10. The minimum Gasteiger partial charge on any atom is -0.353 e. The Morgan fingerprint density at radius 1 is 0.905 bits per heavy atom. The third-order valence-corrected chi connectivity index (χ3v) is 3.72. The Hall–Kier alpha value is -2.85. The van der Waals surface area contributed by atoms with Gasteiger partial charge in [0.05, 0.1) is 16.9 Å². The Labute approximate surface area is 121 Å². The summed E-state index contributed by atoms with van der Waals surface area (Å²) in [5.41, 5.74) is 6.85. The van der Waals surface area contributed by atoms with Gasteiger partial charge in [-0.1, -0.05) is 30.3 Å². The maximum Gasteiger partial charge on any atom is 0.0943 e. The van der Waals surface area contributed by atoms with Crippen molar-refractivity contribution in [3.05, 3.63) is 60.8 Å². The standard InChI is InChI=1S/C17H13N3O/c21-20-12-7-5-11(6-8-12)16-17-14(9-10-18-16)13-3-1-2-4-15(13)19-17/h1-10,19-21H. The number of anilines is 1. The molecule has 0 unspecified atom stereocenters. The number of rotatable bonds is 2. The lowest BCUT2D eigenvalue weighted by Crippen LogP contribution is -1.89. The van der Waals surface area contributed by atoms with Crippen LogP contribution in [0.25, 0.3) is 33.1 Å². The van der Waals surface area contributed by atoms with E-state index in [2.05, 4.69) is 27.6 Å². The molecule has 0 radical (unpaired) electrons. The van der Waals surface area contributed by atoms with Crippen LogP contribution in [-0.4, -0.2) is 15.2 Å². The van der Waals surface area contributed by atoms with Crippen LogP contribution in [-0.2, 0) is 0 Å². The quantitative estimate of drug-likeness (QED) is 0.481. The van der Waals surface area contributed by atoms with Crippen LogP contribution in [0, 0.1) is 0 Å². The summed E-state index contributed by atoms with van der Waals surface area (Å²) in [6.07, 6.45) is 1.83. The number of para-hydroxylation sites is 1. The van der Waals surface area contributed by atoms with Crippen LogP contribution in [0.4, 0.5) is 5.69 Å². The van der Waals surface area contributed by atoms with Crippen LogP contribution in [0.15, 0.2) is 60.8 Å². The molecule has 0 aliphatic heterocycles. The largest absolute Gasteiger partial charge is 0.353 e. The maximum absolute atomic E-state index is 8.89. The maximum atomic E-state index is 8.89. The third kappa shape index (κ3) is 1.85. The Morgan fingerprint density at radius 3 is 2.52 bits per heavy atom. The van der Waals surface area contributed by atoms with Crippen molar-refractivity contribution >= 4 is 27.5 Å².